The summed E-state index contributed by atoms with van der Waals surface area (Å²) in [5.74, 6) is -0.186. The summed E-state index contributed by atoms with van der Waals surface area (Å²) in [7, 11) is 0. The quantitative estimate of drug-likeness (QED) is 0.388. The van der Waals surface area contributed by atoms with Crippen LogP contribution in [0.15, 0.2) is 30.6 Å². The molecule has 0 amide bonds. The zero-order valence-electron chi connectivity index (χ0n) is 12.7. The highest BCUT2D eigenvalue weighted by atomic mass is 79.9. The van der Waals surface area contributed by atoms with E-state index in [9.17, 15) is 4.79 Å². The van der Waals surface area contributed by atoms with Crippen LogP contribution in [-0.4, -0.2) is 17.1 Å². The molecule has 4 nitrogen and oxygen atoms in total. The Balaban J connectivity index is 0.00000220. The molecule has 5 heteroatoms. The van der Waals surface area contributed by atoms with Gasteiger partial charge in [0, 0.05) is 0 Å². The summed E-state index contributed by atoms with van der Waals surface area (Å²) < 4.78 is 9.23. The van der Waals surface area contributed by atoms with E-state index in [2.05, 4.69) is 17.6 Å². The SMILES string of the molecule is CCCCCn1c[n+](CC(=O)OCC)c2ccccc21.[Br-]. The fraction of sp³-hybridized carbons (Fsp3) is 0.500. The highest BCUT2D eigenvalue weighted by molar-refractivity contribution is 5.73. The molecule has 1 heterocycles. The third-order valence-corrected chi connectivity index (χ3v) is 3.39. The first-order chi connectivity index (χ1) is 9.76. The highest BCUT2D eigenvalue weighted by Gasteiger charge is 2.17. The van der Waals surface area contributed by atoms with E-state index in [4.69, 9.17) is 4.74 Å². The first-order valence-corrected chi connectivity index (χ1v) is 7.39. The van der Waals surface area contributed by atoms with Gasteiger partial charge in [0.2, 0.25) is 6.33 Å². The minimum Gasteiger partial charge on any atom is -1.00 e. The third-order valence-electron chi connectivity index (χ3n) is 3.39. The molecule has 2 aromatic rings. The van der Waals surface area contributed by atoms with Crippen molar-refractivity contribution in [2.45, 2.75) is 46.2 Å². The molecule has 0 aliphatic carbocycles. The zero-order chi connectivity index (χ0) is 14.4. The van der Waals surface area contributed by atoms with E-state index >= 15 is 0 Å². The molecule has 0 fully saturated rings. The van der Waals surface area contributed by atoms with Crippen molar-refractivity contribution in [1.82, 2.24) is 4.57 Å². The van der Waals surface area contributed by atoms with Crippen molar-refractivity contribution in [1.29, 1.82) is 0 Å². The predicted molar refractivity (Wildman–Crippen MR) is 78.3 cm³/mol. The molecule has 21 heavy (non-hydrogen) atoms. The molecule has 0 atom stereocenters. The largest absolute Gasteiger partial charge is 1.00 e. The number of nitrogens with zero attached hydrogens (tertiary/aromatic N) is 2. The first-order valence-electron chi connectivity index (χ1n) is 7.39. The Bertz CT molecular complexity index is 581. The van der Waals surface area contributed by atoms with Crippen LogP contribution >= 0.6 is 0 Å². The van der Waals surface area contributed by atoms with Crippen molar-refractivity contribution in [3.63, 3.8) is 0 Å². The van der Waals surface area contributed by atoms with Gasteiger partial charge in [-0.1, -0.05) is 25.5 Å². The van der Waals surface area contributed by atoms with Gasteiger partial charge in [-0.25, -0.2) is 13.9 Å². The van der Waals surface area contributed by atoms with Crippen LogP contribution in [0.1, 0.15) is 33.1 Å². The maximum atomic E-state index is 11.7. The van der Waals surface area contributed by atoms with Crippen molar-refractivity contribution < 1.29 is 31.1 Å². The summed E-state index contributed by atoms with van der Waals surface area (Å²) in [6.07, 6.45) is 5.62. The predicted octanol–water partition coefficient (Wildman–Crippen LogP) is -0.314. The van der Waals surface area contributed by atoms with Crippen molar-refractivity contribution in [3.8, 4) is 0 Å². The minimum absolute atomic E-state index is 0. The van der Waals surface area contributed by atoms with Crippen molar-refractivity contribution >= 4 is 17.0 Å². The molecule has 0 saturated heterocycles. The van der Waals surface area contributed by atoms with Crippen molar-refractivity contribution in [3.05, 3.63) is 30.6 Å². The number of ether oxygens (including phenoxy) is 1. The normalized spacial score (nSPS) is 10.4. The summed E-state index contributed by atoms with van der Waals surface area (Å²) in [6.45, 7) is 5.72. The lowest BCUT2D eigenvalue weighted by Gasteiger charge is -1.98. The molecular formula is C16H23BrN2O2. The Morgan fingerprint density at radius 2 is 2.00 bits per heavy atom. The Kier molecular flexibility index (Phi) is 7.43. The lowest BCUT2D eigenvalue weighted by molar-refractivity contribution is -0.661. The fourth-order valence-corrected chi connectivity index (χ4v) is 2.42. The Morgan fingerprint density at radius 1 is 1.24 bits per heavy atom. The number of para-hydroxylation sites is 2. The average molecular weight is 355 g/mol. The standard InChI is InChI=1S/C16H23N2O2.BrH/c1-3-5-8-11-17-13-18(12-16(19)20-4-2)15-10-7-6-9-14(15)17;/h6-7,9-10,13H,3-5,8,11-12H2,1-2H3;1H/q+1;/p-1. The zero-order valence-corrected chi connectivity index (χ0v) is 14.3. The number of hydrogen-bond acceptors (Lipinski definition) is 2. The summed E-state index contributed by atoms with van der Waals surface area (Å²) in [6, 6.07) is 8.18. The smallest absolute Gasteiger partial charge is 0.348 e. The van der Waals surface area contributed by atoms with Crippen LogP contribution in [0.5, 0.6) is 0 Å². The second-order valence-corrected chi connectivity index (χ2v) is 4.94. The topological polar surface area (TPSA) is 35.1 Å². The highest BCUT2D eigenvalue weighted by Crippen LogP contribution is 2.12. The Hall–Kier alpha value is -1.36. The summed E-state index contributed by atoms with van der Waals surface area (Å²) in [5.41, 5.74) is 2.25. The van der Waals surface area contributed by atoms with Crippen molar-refractivity contribution in [2.24, 2.45) is 0 Å². The Labute approximate surface area is 136 Å². The summed E-state index contributed by atoms with van der Waals surface area (Å²) in [4.78, 5) is 11.7. The van der Waals surface area contributed by atoms with Crippen LogP contribution in [0, 0.1) is 0 Å². The van der Waals surface area contributed by atoms with E-state index in [0.29, 0.717) is 6.61 Å². The molecule has 116 valence electrons. The molecule has 0 radical (unpaired) electrons. The number of esters is 1. The van der Waals surface area contributed by atoms with Gasteiger partial charge in [-0.2, -0.15) is 0 Å². The van der Waals surface area contributed by atoms with Crippen LogP contribution in [0.25, 0.3) is 11.0 Å². The molecule has 0 spiro atoms. The monoisotopic (exact) mass is 354 g/mol. The van der Waals surface area contributed by atoms with Gasteiger partial charge < -0.3 is 21.7 Å². The van der Waals surface area contributed by atoms with Gasteiger partial charge in [0.15, 0.2) is 17.6 Å². The number of aromatic nitrogens is 2. The van der Waals surface area contributed by atoms with Crippen LogP contribution < -0.4 is 21.5 Å². The maximum Gasteiger partial charge on any atom is 0.348 e. The van der Waals surface area contributed by atoms with Crippen LogP contribution in [-0.2, 0) is 22.6 Å². The molecule has 1 aromatic carbocycles. The van der Waals surface area contributed by atoms with E-state index in [1.54, 1.807) is 0 Å². The molecule has 2 rings (SSSR count). The van der Waals surface area contributed by atoms with Crippen LogP contribution in [0.3, 0.4) is 0 Å². The van der Waals surface area contributed by atoms with Gasteiger partial charge in [-0.3, -0.25) is 0 Å². The van der Waals surface area contributed by atoms with Crippen LogP contribution in [0.4, 0.5) is 0 Å². The number of unbranched alkanes of at least 4 members (excludes halogenated alkanes) is 2. The van der Waals surface area contributed by atoms with E-state index < -0.39 is 0 Å². The number of aryl methyl sites for hydroxylation is 1. The minimum atomic E-state index is -0.186. The number of fused-ring (bicyclic) bond motifs is 1. The lowest BCUT2D eigenvalue weighted by atomic mass is 10.2. The number of carbonyl (C=O) groups is 1. The number of rotatable bonds is 7. The van der Waals surface area contributed by atoms with Gasteiger partial charge in [-0.05, 0) is 31.9 Å². The summed E-state index contributed by atoms with van der Waals surface area (Å²) >= 11 is 0. The molecule has 0 N–H and O–H groups in total. The second kappa shape index (κ2) is 8.82. The van der Waals surface area contributed by atoms with E-state index in [1.807, 2.05) is 36.0 Å². The molecular weight excluding hydrogens is 332 g/mol. The average Bonchev–Trinajstić information content (AvgIpc) is 2.78. The molecule has 1 aromatic heterocycles. The van der Waals surface area contributed by atoms with E-state index in [-0.39, 0.29) is 29.5 Å². The maximum absolute atomic E-state index is 11.7. The number of hydrogen-bond donors (Lipinski definition) is 0. The molecule has 0 aliphatic heterocycles. The number of imidazole rings is 1. The number of benzene rings is 1. The molecule has 0 aliphatic rings. The molecule has 0 bridgehead atoms. The van der Waals surface area contributed by atoms with E-state index in [0.717, 1.165) is 18.5 Å². The Morgan fingerprint density at radius 3 is 2.71 bits per heavy atom. The molecule has 0 saturated carbocycles. The van der Waals surface area contributed by atoms with Gasteiger partial charge in [-0.15, -0.1) is 0 Å². The van der Waals surface area contributed by atoms with Gasteiger partial charge in [0.05, 0.1) is 13.2 Å². The fourth-order valence-electron chi connectivity index (χ4n) is 2.42. The number of carbonyl (C=O) groups excluding carboxylic acids is 1. The van der Waals surface area contributed by atoms with E-state index in [1.165, 1.54) is 18.4 Å². The third kappa shape index (κ3) is 4.56. The van der Waals surface area contributed by atoms with Gasteiger partial charge in [0.1, 0.15) is 0 Å². The lowest BCUT2D eigenvalue weighted by Crippen LogP contribution is -3.00. The van der Waals surface area contributed by atoms with Gasteiger partial charge in [0.25, 0.3) is 0 Å². The summed E-state index contributed by atoms with van der Waals surface area (Å²) in [5, 5.41) is 0. The first kappa shape index (κ1) is 17.7. The van der Waals surface area contributed by atoms with Crippen molar-refractivity contribution in [2.75, 3.05) is 6.61 Å². The number of halogens is 1. The second-order valence-electron chi connectivity index (χ2n) is 4.94. The molecule has 0 unspecified atom stereocenters. The van der Waals surface area contributed by atoms with Crippen LogP contribution in [0.2, 0.25) is 0 Å². The van der Waals surface area contributed by atoms with Gasteiger partial charge >= 0.3 is 5.97 Å².